The van der Waals surface area contributed by atoms with Crippen LogP contribution in [0, 0.1) is 5.92 Å². The predicted octanol–water partition coefficient (Wildman–Crippen LogP) is 2.27. The standard InChI is InChI=1S/C13H20N2OS/c1-9(2)12(11-5-4-8-17-11)14-10-6-7-15(3)13(10)16/h4-5,8-10,12,14H,6-7H2,1-3H3. The van der Waals surface area contributed by atoms with E-state index < -0.39 is 0 Å². The number of carbonyl (C=O) groups excluding carboxylic acids is 1. The zero-order chi connectivity index (χ0) is 12.4. The van der Waals surface area contributed by atoms with Gasteiger partial charge in [-0.05, 0) is 23.8 Å². The van der Waals surface area contributed by atoms with E-state index in [0.717, 1.165) is 13.0 Å². The van der Waals surface area contributed by atoms with E-state index in [1.54, 1.807) is 11.3 Å². The third-order valence-electron chi connectivity index (χ3n) is 3.32. The molecule has 2 unspecified atom stereocenters. The smallest absolute Gasteiger partial charge is 0.239 e. The molecule has 1 aliphatic rings. The lowest BCUT2D eigenvalue weighted by Gasteiger charge is -2.24. The molecule has 2 heterocycles. The number of likely N-dealkylation sites (N-methyl/N-ethyl adjacent to an activating group) is 1. The Bertz CT molecular complexity index is 375. The lowest BCUT2D eigenvalue weighted by Crippen LogP contribution is -2.40. The second-order valence-electron chi connectivity index (χ2n) is 5.00. The maximum atomic E-state index is 11.9. The van der Waals surface area contributed by atoms with Crippen LogP contribution in [0.15, 0.2) is 17.5 Å². The number of carbonyl (C=O) groups is 1. The van der Waals surface area contributed by atoms with E-state index in [0.29, 0.717) is 5.92 Å². The van der Waals surface area contributed by atoms with Crippen molar-refractivity contribution in [3.63, 3.8) is 0 Å². The van der Waals surface area contributed by atoms with Crippen molar-refractivity contribution in [3.8, 4) is 0 Å². The van der Waals surface area contributed by atoms with Gasteiger partial charge in [-0.1, -0.05) is 19.9 Å². The summed E-state index contributed by atoms with van der Waals surface area (Å²) in [5.74, 6) is 0.722. The topological polar surface area (TPSA) is 32.3 Å². The number of amides is 1. The molecule has 0 spiro atoms. The van der Waals surface area contributed by atoms with Crippen molar-refractivity contribution in [1.82, 2.24) is 10.2 Å². The van der Waals surface area contributed by atoms with Crippen LogP contribution in [0.5, 0.6) is 0 Å². The number of hydrogen-bond acceptors (Lipinski definition) is 3. The Morgan fingerprint density at radius 3 is 2.76 bits per heavy atom. The molecule has 4 heteroatoms. The van der Waals surface area contributed by atoms with E-state index in [2.05, 4.69) is 36.7 Å². The highest BCUT2D eigenvalue weighted by molar-refractivity contribution is 7.10. The van der Waals surface area contributed by atoms with Crippen LogP contribution in [0.4, 0.5) is 0 Å². The molecule has 0 radical (unpaired) electrons. The van der Waals surface area contributed by atoms with Crippen LogP contribution in [0.25, 0.3) is 0 Å². The van der Waals surface area contributed by atoms with Crippen molar-refractivity contribution in [2.45, 2.75) is 32.4 Å². The molecule has 1 saturated heterocycles. The molecule has 3 nitrogen and oxygen atoms in total. The van der Waals surface area contributed by atoms with E-state index in [-0.39, 0.29) is 18.0 Å². The average Bonchev–Trinajstić information content (AvgIpc) is 2.89. The Morgan fingerprint density at radius 1 is 1.53 bits per heavy atom. The van der Waals surface area contributed by atoms with Crippen molar-refractivity contribution in [3.05, 3.63) is 22.4 Å². The normalized spacial score (nSPS) is 22.5. The Kier molecular flexibility index (Phi) is 3.84. The van der Waals surface area contributed by atoms with Gasteiger partial charge in [0.15, 0.2) is 0 Å². The minimum atomic E-state index is -0.00509. The number of nitrogens with one attached hydrogen (secondary N) is 1. The van der Waals surface area contributed by atoms with Crippen molar-refractivity contribution >= 4 is 17.2 Å². The first kappa shape index (κ1) is 12.6. The zero-order valence-corrected chi connectivity index (χ0v) is 11.5. The Morgan fingerprint density at radius 2 is 2.29 bits per heavy atom. The number of hydrogen-bond donors (Lipinski definition) is 1. The highest BCUT2D eigenvalue weighted by Crippen LogP contribution is 2.27. The van der Waals surface area contributed by atoms with Gasteiger partial charge in [0.05, 0.1) is 6.04 Å². The molecule has 0 aliphatic carbocycles. The summed E-state index contributed by atoms with van der Waals surface area (Å²) >= 11 is 1.76. The summed E-state index contributed by atoms with van der Waals surface area (Å²) in [6.07, 6.45) is 0.921. The van der Waals surface area contributed by atoms with Gasteiger partial charge >= 0.3 is 0 Å². The van der Waals surface area contributed by atoms with Crippen molar-refractivity contribution in [2.75, 3.05) is 13.6 Å². The van der Waals surface area contributed by atoms with Crippen molar-refractivity contribution in [1.29, 1.82) is 0 Å². The van der Waals surface area contributed by atoms with Crippen LogP contribution in [0.2, 0.25) is 0 Å². The molecule has 0 aromatic carbocycles. The summed E-state index contributed by atoms with van der Waals surface area (Å²) in [6, 6.07) is 4.50. The molecular formula is C13H20N2OS. The van der Waals surface area contributed by atoms with Gasteiger partial charge in [0.25, 0.3) is 0 Å². The van der Waals surface area contributed by atoms with E-state index in [1.807, 2.05) is 11.9 Å². The van der Waals surface area contributed by atoms with Crippen LogP contribution < -0.4 is 5.32 Å². The molecule has 0 bridgehead atoms. The molecule has 1 fully saturated rings. The van der Waals surface area contributed by atoms with Gasteiger partial charge in [0, 0.05) is 24.5 Å². The second kappa shape index (κ2) is 5.19. The fraction of sp³-hybridized carbons (Fsp3) is 0.615. The molecule has 1 N–H and O–H groups in total. The fourth-order valence-electron chi connectivity index (χ4n) is 2.27. The van der Waals surface area contributed by atoms with Gasteiger partial charge in [-0.3, -0.25) is 10.1 Å². The zero-order valence-electron chi connectivity index (χ0n) is 10.6. The average molecular weight is 252 g/mol. The molecule has 2 rings (SSSR count). The van der Waals surface area contributed by atoms with Crippen molar-refractivity contribution < 1.29 is 4.79 Å². The Labute approximate surface area is 107 Å². The van der Waals surface area contributed by atoms with Crippen LogP contribution in [0.1, 0.15) is 31.2 Å². The minimum Gasteiger partial charge on any atom is -0.344 e. The van der Waals surface area contributed by atoms with Gasteiger partial charge in [0.1, 0.15) is 0 Å². The Hall–Kier alpha value is -0.870. The number of thiophene rings is 1. The number of rotatable bonds is 4. The molecule has 1 aromatic rings. The molecular weight excluding hydrogens is 232 g/mol. The summed E-state index contributed by atoms with van der Waals surface area (Å²) in [4.78, 5) is 15.0. The third kappa shape index (κ3) is 2.69. The fourth-order valence-corrected chi connectivity index (χ4v) is 3.22. The van der Waals surface area contributed by atoms with Crippen LogP contribution in [-0.2, 0) is 4.79 Å². The van der Waals surface area contributed by atoms with E-state index >= 15 is 0 Å². The van der Waals surface area contributed by atoms with Gasteiger partial charge < -0.3 is 4.90 Å². The quantitative estimate of drug-likeness (QED) is 0.891. The number of likely N-dealkylation sites (tertiary alicyclic amines) is 1. The van der Waals surface area contributed by atoms with E-state index in [1.165, 1.54) is 4.88 Å². The Balaban J connectivity index is 2.07. The summed E-state index contributed by atoms with van der Waals surface area (Å²) in [5, 5.41) is 5.61. The predicted molar refractivity (Wildman–Crippen MR) is 71.1 cm³/mol. The molecule has 2 atom stereocenters. The summed E-state index contributed by atoms with van der Waals surface area (Å²) in [5.41, 5.74) is 0. The molecule has 1 amide bonds. The maximum absolute atomic E-state index is 11.9. The highest BCUT2D eigenvalue weighted by atomic mass is 32.1. The monoisotopic (exact) mass is 252 g/mol. The highest BCUT2D eigenvalue weighted by Gasteiger charge is 2.32. The molecule has 94 valence electrons. The van der Waals surface area contributed by atoms with E-state index in [9.17, 15) is 4.79 Å². The first-order chi connectivity index (χ1) is 8.09. The van der Waals surface area contributed by atoms with Gasteiger partial charge in [-0.15, -0.1) is 11.3 Å². The van der Waals surface area contributed by atoms with Crippen LogP contribution in [0.3, 0.4) is 0 Å². The number of nitrogens with zero attached hydrogens (tertiary/aromatic N) is 1. The van der Waals surface area contributed by atoms with Crippen molar-refractivity contribution in [2.24, 2.45) is 5.92 Å². The lowest BCUT2D eigenvalue weighted by atomic mass is 10.0. The summed E-state index contributed by atoms with van der Waals surface area (Å²) in [7, 11) is 1.87. The largest absolute Gasteiger partial charge is 0.344 e. The third-order valence-corrected chi connectivity index (χ3v) is 4.28. The molecule has 0 saturated carbocycles. The van der Waals surface area contributed by atoms with Gasteiger partial charge in [-0.2, -0.15) is 0 Å². The SMILES string of the molecule is CC(C)C(NC1CCN(C)C1=O)c1cccs1. The maximum Gasteiger partial charge on any atom is 0.239 e. The molecule has 17 heavy (non-hydrogen) atoms. The first-order valence-corrected chi connectivity index (χ1v) is 7.02. The van der Waals surface area contributed by atoms with Gasteiger partial charge in [-0.25, -0.2) is 0 Å². The van der Waals surface area contributed by atoms with Crippen LogP contribution in [-0.4, -0.2) is 30.4 Å². The molecule has 1 aromatic heterocycles. The lowest BCUT2D eigenvalue weighted by molar-refractivity contribution is -0.128. The summed E-state index contributed by atoms with van der Waals surface area (Å²) < 4.78 is 0. The van der Waals surface area contributed by atoms with Crippen LogP contribution >= 0.6 is 11.3 Å². The first-order valence-electron chi connectivity index (χ1n) is 6.14. The minimum absolute atomic E-state index is 0.00509. The van der Waals surface area contributed by atoms with E-state index in [4.69, 9.17) is 0 Å². The second-order valence-corrected chi connectivity index (χ2v) is 5.98. The summed E-state index contributed by atoms with van der Waals surface area (Å²) in [6.45, 7) is 5.26. The van der Waals surface area contributed by atoms with Gasteiger partial charge in [0.2, 0.25) is 5.91 Å². The molecule has 1 aliphatic heterocycles.